The molecule has 4 heteroatoms. The summed E-state index contributed by atoms with van der Waals surface area (Å²) < 4.78 is 5.38. The fourth-order valence-electron chi connectivity index (χ4n) is 1.61. The zero-order chi connectivity index (χ0) is 14.5. The van der Waals surface area contributed by atoms with Crippen molar-refractivity contribution in [3.63, 3.8) is 0 Å². The lowest BCUT2D eigenvalue weighted by molar-refractivity contribution is 0.189. The molecule has 4 nitrogen and oxygen atoms in total. The zero-order valence-electron chi connectivity index (χ0n) is 12.7. The Morgan fingerprint density at radius 1 is 1.32 bits per heavy atom. The summed E-state index contributed by atoms with van der Waals surface area (Å²) in [5.74, 6) is 0.743. The maximum absolute atomic E-state index is 9.64. The van der Waals surface area contributed by atoms with E-state index < -0.39 is 0 Å². The number of phenolic OH excluding ortho intramolecular Hbond substituents is 1. The maximum atomic E-state index is 9.64. The van der Waals surface area contributed by atoms with E-state index in [0.717, 1.165) is 18.7 Å². The first-order chi connectivity index (χ1) is 8.86. The number of benzene rings is 1. The topological polar surface area (TPSA) is 44.7 Å². The van der Waals surface area contributed by atoms with Gasteiger partial charge in [-0.05, 0) is 52.6 Å². The zero-order valence-corrected chi connectivity index (χ0v) is 12.7. The van der Waals surface area contributed by atoms with Crippen molar-refractivity contribution in [2.24, 2.45) is 0 Å². The van der Waals surface area contributed by atoms with Crippen LogP contribution in [0.5, 0.6) is 11.5 Å². The molecular formula is C15H26N2O2. The van der Waals surface area contributed by atoms with E-state index >= 15 is 0 Å². The summed E-state index contributed by atoms with van der Waals surface area (Å²) in [6.45, 7) is 8.51. The van der Waals surface area contributed by atoms with Crippen LogP contribution in [-0.2, 0) is 6.54 Å². The van der Waals surface area contributed by atoms with Crippen molar-refractivity contribution < 1.29 is 9.84 Å². The van der Waals surface area contributed by atoms with Crippen molar-refractivity contribution in [1.29, 1.82) is 0 Å². The Kier molecular flexibility index (Phi) is 5.63. The van der Waals surface area contributed by atoms with Gasteiger partial charge < -0.3 is 20.1 Å². The van der Waals surface area contributed by atoms with Crippen LogP contribution in [0.3, 0.4) is 0 Å². The molecule has 0 aromatic heterocycles. The molecule has 108 valence electrons. The molecule has 1 aromatic rings. The monoisotopic (exact) mass is 266 g/mol. The number of hydrogen-bond acceptors (Lipinski definition) is 4. The van der Waals surface area contributed by atoms with Crippen molar-refractivity contribution in [2.45, 2.75) is 32.9 Å². The Hall–Kier alpha value is -1.26. The van der Waals surface area contributed by atoms with Gasteiger partial charge in [-0.25, -0.2) is 0 Å². The van der Waals surface area contributed by atoms with Gasteiger partial charge in [0.05, 0.1) is 6.61 Å². The van der Waals surface area contributed by atoms with Crippen LogP contribution in [0.15, 0.2) is 18.2 Å². The minimum atomic E-state index is 0.111. The van der Waals surface area contributed by atoms with Gasteiger partial charge in [-0.3, -0.25) is 0 Å². The molecule has 0 aliphatic rings. The second-order valence-corrected chi connectivity index (χ2v) is 5.55. The lowest BCUT2D eigenvalue weighted by Gasteiger charge is -2.32. The highest BCUT2D eigenvalue weighted by molar-refractivity contribution is 5.41. The summed E-state index contributed by atoms with van der Waals surface area (Å²) in [5.41, 5.74) is 1.22. The molecule has 0 radical (unpaired) electrons. The molecule has 0 bridgehead atoms. The van der Waals surface area contributed by atoms with Gasteiger partial charge in [0.1, 0.15) is 0 Å². The maximum Gasteiger partial charge on any atom is 0.161 e. The van der Waals surface area contributed by atoms with Crippen LogP contribution in [0.1, 0.15) is 26.3 Å². The largest absolute Gasteiger partial charge is 0.504 e. The first-order valence-corrected chi connectivity index (χ1v) is 6.69. The quantitative estimate of drug-likeness (QED) is 0.794. The normalized spacial score (nSPS) is 11.9. The number of aromatic hydroxyl groups is 1. The van der Waals surface area contributed by atoms with Crippen molar-refractivity contribution in [3.05, 3.63) is 23.8 Å². The third-order valence-corrected chi connectivity index (χ3v) is 3.42. The van der Waals surface area contributed by atoms with Crippen molar-refractivity contribution in [2.75, 3.05) is 27.2 Å². The molecule has 1 aromatic carbocycles. The Labute approximate surface area is 116 Å². The number of likely N-dealkylation sites (N-methyl/N-ethyl adjacent to an activating group) is 1. The molecule has 19 heavy (non-hydrogen) atoms. The summed E-state index contributed by atoms with van der Waals surface area (Å²) in [4.78, 5) is 2.20. The Morgan fingerprint density at radius 3 is 2.58 bits per heavy atom. The van der Waals surface area contributed by atoms with Gasteiger partial charge in [-0.15, -0.1) is 0 Å². The molecule has 0 saturated carbocycles. The molecule has 0 fully saturated rings. The molecule has 0 spiro atoms. The van der Waals surface area contributed by atoms with Crippen LogP contribution in [0.4, 0.5) is 0 Å². The number of nitrogens with one attached hydrogen (secondary N) is 1. The van der Waals surface area contributed by atoms with Crippen LogP contribution in [0.2, 0.25) is 0 Å². The SMILES string of the molecule is CCOc1cc(CNCC(C)(C)N(C)C)ccc1O. The van der Waals surface area contributed by atoms with E-state index in [1.807, 2.05) is 19.1 Å². The molecule has 0 atom stereocenters. The minimum Gasteiger partial charge on any atom is -0.504 e. The third-order valence-electron chi connectivity index (χ3n) is 3.42. The van der Waals surface area contributed by atoms with E-state index in [4.69, 9.17) is 4.74 Å². The van der Waals surface area contributed by atoms with Crippen LogP contribution in [-0.4, -0.2) is 42.8 Å². The van der Waals surface area contributed by atoms with Crippen LogP contribution in [0.25, 0.3) is 0 Å². The Morgan fingerprint density at radius 2 is 2.00 bits per heavy atom. The van der Waals surface area contributed by atoms with Crippen LogP contribution in [0, 0.1) is 0 Å². The standard InChI is InChI=1S/C15H26N2O2/c1-6-19-14-9-12(7-8-13(14)18)10-16-11-15(2,3)17(4)5/h7-9,16,18H,6,10-11H2,1-5H3. The van der Waals surface area contributed by atoms with Gasteiger partial charge in [0.2, 0.25) is 0 Å². The summed E-state index contributed by atoms with van der Waals surface area (Å²) in [6, 6.07) is 5.47. The van der Waals surface area contributed by atoms with Gasteiger partial charge in [0.15, 0.2) is 11.5 Å². The first-order valence-electron chi connectivity index (χ1n) is 6.69. The lowest BCUT2D eigenvalue weighted by Crippen LogP contribution is -2.46. The van der Waals surface area contributed by atoms with Gasteiger partial charge in [-0.1, -0.05) is 6.07 Å². The summed E-state index contributed by atoms with van der Waals surface area (Å²) in [7, 11) is 4.16. The predicted octanol–water partition coefficient (Wildman–Crippen LogP) is 2.22. The lowest BCUT2D eigenvalue weighted by atomic mass is 10.0. The third kappa shape index (κ3) is 4.73. The highest BCUT2D eigenvalue weighted by Crippen LogP contribution is 2.26. The van der Waals surface area contributed by atoms with Gasteiger partial charge >= 0.3 is 0 Å². The second-order valence-electron chi connectivity index (χ2n) is 5.55. The van der Waals surface area contributed by atoms with Crippen molar-refractivity contribution in [1.82, 2.24) is 10.2 Å². The highest BCUT2D eigenvalue weighted by Gasteiger charge is 2.19. The Balaban J connectivity index is 2.56. The number of rotatable bonds is 7. The molecule has 0 heterocycles. The molecule has 0 unspecified atom stereocenters. The van der Waals surface area contributed by atoms with E-state index in [9.17, 15) is 5.11 Å². The van der Waals surface area contributed by atoms with Crippen molar-refractivity contribution >= 4 is 0 Å². The van der Waals surface area contributed by atoms with E-state index in [1.54, 1.807) is 6.07 Å². The smallest absolute Gasteiger partial charge is 0.161 e. The molecule has 0 aliphatic heterocycles. The highest BCUT2D eigenvalue weighted by atomic mass is 16.5. The van der Waals surface area contributed by atoms with Crippen LogP contribution >= 0.6 is 0 Å². The molecule has 1 rings (SSSR count). The Bertz CT molecular complexity index is 403. The molecule has 0 amide bonds. The number of phenols is 1. The first kappa shape index (κ1) is 15.8. The van der Waals surface area contributed by atoms with Crippen LogP contribution < -0.4 is 10.1 Å². The summed E-state index contributed by atoms with van der Waals surface area (Å²) in [6.07, 6.45) is 0. The van der Waals surface area contributed by atoms with Gasteiger partial charge in [-0.2, -0.15) is 0 Å². The fourth-order valence-corrected chi connectivity index (χ4v) is 1.61. The molecule has 0 saturated heterocycles. The second kappa shape index (κ2) is 6.78. The molecule has 2 N–H and O–H groups in total. The number of ether oxygens (including phenoxy) is 1. The van der Waals surface area contributed by atoms with E-state index in [1.165, 1.54) is 0 Å². The van der Waals surface area contributed by atoms with Crippen molar-refractivity contribution in [3.8, 4) is 11.5 Å². The van der Waals surface area contributed by atoms with E-state index in [2.05, 4.69) is 38.2 Å². The van der Waals surface area contributed by atoms with Gasteiger partial charge in [0.25, 0.3) is 0 Å². The molecule has 0 aliphatic carbocycles. The van der Waals surface area contributed by atoms with Gasteiger partial charge in [0, 0.05) is 18.6 Å². The number of hydrogen-bond donors (Lipinski definition) is 2. The summed E-state index contributed by atoms with van der Waals surface area (Å²) >= 11 is 0. The molecular weight excluding hydrogens is 240 g/mol. The predicted molar refractivity (Wildman–Crippen MR) is 78.7 cm³/mol. The summed E-state index contributed by atoms with van der Waals surface area (Å²) in [5, 5.41) is 13.1. The average molecular weight is 266 g/mol. The number of nitrogens with zero attached hydrogens (tertiary/aromatic N) is 1. The average Bonchev–Trinajstić information content (AvgIpc) is 2.33. The van der Waals surface area contributed by atoms with E-state index in [0.29, 0.717) is 12.4 Å². The fraction of sp³-hybridized carbons (Fsp3) is 0.600. The minimum absolute atomic E-state index is 0.111. The van der Waals surface area contributed by atoms with E-state index in [-0.39, 0.29) is 11.3 Å².